The van der Waals surface area contributed by atoms with Gasteiger partial charge in [-0.3, -0.25) is 4.79 Å². The highest BCUT2D eigenvalue weighted by Gasteiger charge is 2.26. The summed E-state index contributed by atoms with van der Waals surface area (Å²) >= 11 is 0. The van der Waals surface area contributed by atoms with E-state index in [0.717, 1.165) is 18.7 Å². The predicted octanol–water partition coefficient (Wildman–Crippen LogP) is 0.654. The van der Waals surface area contributed by atoms with E-state index in [1.807, 2.05) is 0 Å². The van der Waals surface area contributed by atoms with E-state index in [-0.39, 0.29) is 11.3 Å². The smallest absolute Gasteiger partial charge is 0.356 e. The topological polar surface area (TPSA) is 113 Å². The quantitative estimate of drug-likeness (QED) is 0.719. The predicted molar refractivity (Wildman–Crippen MR) is 74.5 cm³/mol. The number of carboxylic acids is 1. The van der Waals surface area contributed by atoms with Crippen molar-refractivity contribution >= 4 is 11.8 Å². The maximum Gasteiger partial charge on any atom is 0.356 e. The van der Waals surface area contributed by atoms with Gasteiger partial charge in [0.05, 0.1) is 6.33 Å². The summed E-state index contributed by atoms with van der Waals surface area (Å²) in [4.78, 5) is 33.1. The molecule has 0 bridgehead atoms. The van der Waals surface area contributed by atoms with Crippen LogP contribution in [0.2, 0.25) is 0 Å². The van der Waals surface area contributed by atoms with Crippen molar-refractivity contribution in [3.05, 3.63) is 40.5 Å². The standard InChI is InChI=1S/C13H15N5O3/c19-11-5-10(16-12(17-11)8-1-2-8)14-3-4-18-6-9(13(20)21)15-7-18/h5-8H,1-4H2,(H,20,21)(H2,14,16,17,19). The van der Waals surface area contributed by atoms with Crippen molar-refractivity contribution < 1.29 is 9.90 Å². The summed E-state index contributed by atoms with van der Waals surface area (Å²) in [6.45, 7) is 1.06. The molecule has 0 amide bonds. The SMILES string of the molecule is O=C(O)c1cn(CCNc2cc(=O)[nH]c(C3CC3)n2)cn1. The number of nitrogens with zero attached hydrogens (tertiary/aromatic N) is 3. The van der Waals surface area contributed by atoms with Crippen molar-refractivity contribution in [2.75, 3.05) is 11.9 Å². The molecule has 0 radical (unpaired) electrons. The van der Waals surface area contributed by atoms with Crippen molar-refractivity contribution in [1.82, 2.24) is 19.5 Å². The fourth-order valence-electron chi connectivity index (χ4n) is 2.02. The van der Waals surface area contributed by atoms with Crippen LogP contribution in [0.3, 0.4) is 0 Å². The van der Waals surface area contributed by atoms with Crippen LogP contribution in [-0.2, 0) is 6.54 Å². The lowest BCUT2D eigenvalue weighted by molar-refractivity contribution is 0.0691. The molecule has 0 spiro atoms. The molecule has 8 heteroatoms. The second-order valence-electron chi connectivity index (χ2n) is 5.02. The van der Waals surface area contributed by atoms with Gasteiger partial charge in [0.15, 0.2) is 5.69 Å². The van der Waals surface area contributed by atoms with Crippen LogP contribution < -0.4 is 10.9 Å². The fraction of sp³-hybridized carbons (Fsp3) is 0.385. The normalized spacial score (nSPS) is 14.1. The Balaban J connectivity index is 1.59. The number of hydrogen-bond donors (Lipinski definition) is 3. The van der Waals surface area contributed by atoms with Gasteiger partial charge in [-0.15, -0.1) is 0 Å². The average Bonchev–Trinajstić information content (AvgIpc) is 3.18. The number of carboxylic acid groups (broad SMARTS) is 1. The highest BCUT2D eigenvalue weighted by atomic mass is 16.4. The van der Waals surface area contributed by atoms with Gasteiger partial charge in [0, 0.05) is 31.3 Å². The van der Waals surface area contributed by atoms with Crippen molar-refractivity contribution in [3.8, 4) is 0 Å². The summed E-state index contributed by atoms with van der Waals surface area (Å²) in [5.74, 6) is 0.610. The van der Waals surface area contributed by atoms with Crippen molar-refractivity contribution in [2.24, 2.45) is 0 Å². The van der Waals surface area contributed by atoms with Crippen LogP contribution in [0.15, 0.2) is 23.4 Å². The third-order valence-corrected chi connectivity index (χ3v) is 3.25. The first-order chi connectivity index (χ1) is 10.1. The summed E-state index contributed by atoms with van der Waals surface area (Å²) in [6, 6.07) is 1.42. The highest BCUT2D eigenvalue weighted by molar-refractivity contribution is 5.84. The Morgan fingerprint density at radius 2 is 2.33 bits per heavy atom. The molecule has 2 aromatic rings. The molecule has 0 saturated heterocycles. The molecule has 110 valence electrons. The molecule has 3 rings (SSSR count). The van der Waals surface area contributed by atoms with E-state index >= 15 is 0 Å². The van der Waals surface area contributed by atoms with Crippen LogP contribution in [0, 0.1) is 0 Å². The van der Waals surface area contributed by atoms with E-state index in [2.05, 4.69) is 20.3 Å². The highest BCUT2D eigenvalue weighted by Crippen LogP contribution is 2.37. The first-order valence-corrected chi connectivity index (χ1v) is 6.72. The number of rotatable bonds is 6. The summed E-state index contributed by atoms with van der Waals surface area (Å²) in [6.07, 6.45) is 5.07. The summed E-state index contributed by atoms with van der Waals surface area (Å²) in [7, 11) is 0. The molecule has 0 aliphatic heterocycles. The molecule has 1 aliphatic carbocycles. The molecule has 0 aromatic carbocycles. The number of carbonyl (C=O) groups is 1. The Bertz CT molecular complexity index is 717. The van der Waals surface area contributed by atoms with E-state index in [1.54, 1.807) is 4.57 Å². The van der Waals surface area contributed by atoms with Gasteiger partial charge in [-0.25, -0.2) is 14.8 Å². The van der Waals surface area contributed by atoms with Crippen LogP contribution in [0.4, 0.5) is 5.82 Å². The zero-order valence-corrected chi connectivity index (χ0v) is 11.2. The Morgan fingerprint density at radius 3 is 3.00 bits per heavy atom. The van der Waals surface area contributed by atoms with Gasteiger partial charge in [0.25, 0.3) is 5.56 Å². The Morgan fingerprint density at radius 1 is 1.52 bits per heavy atom. The number of aromatic carboxylic acids is 1. The monoisotopic (exact) mass is 289 g/mol. The maximum absolute atomic E-state index is 11.5. The average molecular weight is 289 g/mol. The van der Waals surface area contributed by atoms with Crippen molar-refractivity contribution in [3.63, 3.8) is 0 Å². The minimum absolute atomic E-state index is 0.0142. The van der Waals surface area contributed by atoms with E-state index in [0.29, 0.717) is 24.8 Å². The minimum Gasteiger partial charge on any atom is -0.476 e. The lowest BCUT2D eigenvalue weighted by Gasteiger charge is -2.07. The minimum atomic E-state index is -1.05. The van der Waals surface area contributed by atoms with E-state index in [1.165, 1.54) is 18.6 Å². The number of nitrogens with one attached hydrogen (secondary N) is 2. The second kappa shape index (κ2) is 5.39. The van der Waals surface area contributed by atoms with Gasteiger partial charge in [-0.2, -0.15) is 0 Å². The van der Waals surface area contributed by atoms with Crippen LogP contribution in [-0.4, -0.2) is 37.1 Å². The molecule has 1 aliphatic rings. The van der Waals surface area contributed by atoms with Gasteiger partial charge >= 0.3 is 5.97 Å². The molecule has 3 N–H and O–H groups in total. The number of anilines is 1. The molecule has 1 fully saturated rings. The third-order valence-electron chi connectivity index (χ3n) is 3.25. The maximum atomic E-state index is 11.5. The lowest BCUT2D eigenvalue weighted by Crippen LogP contribution is -2.16. The number of H-pyrrole nitrogens is 1. The number of hydrogen-bond acceptors (Lipinski definition) is 5. The zero-order chi connectivity index (χ0) is 14.8. The third kappa shape index (κ3) is 3.28. The number of aromatic nitrogens is 4. The Hall–Kier alpha value is -2.64. The van der Waals surface area contributed by atoms with Gasteiger partial charge in [-0.05, 0) is 12.8 Å². The number of imidazole rings is 1. The molecule has 8 nitrogen and oxygen atoms in total. The van der Waals surface area contributed by atoms with E-state index in [9.17, 15) is 9.59 Å². The molecule has 1 saturated carbocycles. The molecular formula is C13H15N5O3. The van der Waals surface area contributed by atoms with Gasteiger partial charge in [0.1, 0.15) is 11.6 Å². The second-order valence-corrected chi connectivity index (χ2v) is 5.02. The first-order valence-electron chi connectivity index (χ1n) is 6.72. The largest absolute Gasteiger partial charge is 0.476 e. The molecule has 0 unspecified atom stereocenters. The summed E-state index contributed by atoms with van der Waals surface area (Å²) in [5, 5.41) is 11.8. The van der Waals surface area contributed by atoms with E-state index in [4.69, 9.17) is 5.11 Å². The number of aromatic amines is 1. The van der Waals surface area contributed by atoms with Crippen molar-refractivity contribution in [2.45, 2.75) is 25.3 Å². The van der Waals surface area contributed by atoms with Gasteiger partial charge in [-0.1, -0.05) is 0 Å². The Kier molecular flexibility index (Phi) is 3.43. The van der Waals surface area contributed by atoms with Crippen LogP contribution in [0.1, 0.15) is 35.1 Å². The Labute approximate surface area is 119 Å². The van der Waals surface area contributed by atoms with Crippen LogP contribution in [0.25, 0.3) is 0 Å². The van der Waals surface area contributed by atoms with Crippen molar-refractivity contribution in [1.29, 1.82) is 0 Å². The van der Waals surface area contributed by atoms with Crippen LogP contribution >= 0.6 is 0 Å². The van der Waals surface area contributed by atoms with E-state index < -0.39 is 5.97 Å². The fourth-order valence-corrected chi connectivity index (χ4v) is 2.02. The zero-order valence-electron chi connectivity index (χ0n) is 11.2. The lowest BCUT2D eigenvalue weighted by atomic mass is 10.4. The molecule has 2 heterocycles. The van der Waals surface area contributed by atoms with Gasteiger partial charge < -0.3 is 20.0 Å². The molecule has 21 heavy (non-hydrogen) atoms. The molecular weight excluding hydrogens is 274 g/mol. The summed E-state index contributed by atoms with van der Waals surface area (Å²) in [5.41, 5.74) is -0.148. The van der Waals surface area contributed by atoms with Gasteiger partial charge in [0.2, 0.25) is 0 Å². The molecule has 2 aromatic heterocycles. The summed E-state index contributed by atoms with van der Waals surface area (Å²) < 4.78 is 1.67. The van der Waals surface area contributed by atoms with Crippen LogP contribution in [0.5, 0.6) is 0 Å². The molecule has 0 atom stereocenters. The first kappa shape index (κ1) is 13.3.